The average molecular weight is 423 g/mol. The number of carbonyl (C=O) groups is 2. The van der Waals surface area contributed by atoms with Gasteiger partial charge in [0.1, 0.15) is 6.54 Å². The van der Waals surface area contributed by atoms with Crippen molar-refractivity contribution in [3.8, 4) is 0 Å². The van der Waals surface area contributed by atoms with Crippen molar-refractivity contribution < 1.29 is 14.5 Å². The molecule has 0 radical (unpaired) electrons. The van der Waals surface area contributed by atoms with Gasteiger partial charge in [-0.2, -0.15) is 0 Å². The van der Waals surface area contributed by atoms with Crippen LogP contribution in [-0.4, -0.2) is 44.8 Å². The SMILES string of the molecule is Cc1cccc(C)c1NC(=O)CN(C)C(=O)Cn1cnc2cc([N+](=O)[O-])ccc2c1=O. The van der Waals surface area contributed by atoms with Gasteiger partial charge in [0.05, 0.1) is 28.7 Å². The van der Waals surface area contributed by atoms with E-state index in [4.69, 9.17) is 0 Å². The number of likely N-dealkylation sites (N-methyl/N-ethyl adjacent to an activating group) is 1. The molecule has 0 aliphatic rings. The van der Waals surface area contributed by atoms with Gasteiger partial charge < -0.3 is 10.2 Å². The van der Waals surface area contributed by atoms with Crippen LogP contribution in [0.3, 0.4) is 0 Å². The first-order valence-electron chi connectivity index (χ1n) is 9.41. The van der Waals surface area contributed by atoms with E-state index in [1.54, 1.807) is 0 Å². The highest BCUT2D eigenvalue weighted by Gasteiger charge is 2.17. The van der Waals surface area contributed by atoms with Gasteiger partial charge in [-0.15, -0.1) is 0 Å². The molecule has 3 rings (SSSR count). The molecule has 2 aromatic carbocycles. The summed E-state index contributed by atoms with van der Waals surface area (Å²) in [6, 6.07) is 9.37. The van der Waals surface area contributed by atoms with Gasteiger partial charge in [0.2, 0.25) is 11.8 Å². The van der Waals surface area contributed by atoms with Gasteiger partial charge in [-0.3, -0.25) is 29.1 Å². The van der Waals surface area contributed by atoms with Crippen LogP contribution < -0.4 is 10.9 Å². The summed E-state index contributed by atoms with van der Waals surface area (Å²) in [6.07, 6.45) is 1.16. The van der Waals surface area contributed by atoms with E-state index in [1.807, 2.05) is 32.0 Å². The standard InChI is InChI=1S/C21H21N5O5/c1-13-5-4-6-14(2)20(13)23-18(27)10-24(3)19(28)11-25-12-22-17-9-15(26(30)31)7-8-16(17)21(25)29/h4-9,12H,10-11H2,1-3H3,(H,23,27). The summed E-state index contributed by atoms with van der Waals surface area (Å²) in [7, 11) is 1.47. The first-order chi connectivity index (χ1) is 14.7. The molecule has 1 aromatic heterocycles. The molecule has 0 fully saturated rings. The van der Waals surface area contributed by atoms with E-state index in [0.29, 0.717) is 5.69 Å². The number of amides is 2. The molecule has 0 unspecified atom stereocenters. The molecule has 0 atom stereocenters. The minimum Gasteiger partial charge on any atom is -0.335 e. The Labute approximate surface area is 177 Å². The molecular formula is C21H21N5O5. The summed E-state index contributed by atoms with van der Waals surface area (Å²) in [5.41, 5.74) is 2.03. The van der Waals surface area contributed by atoms with Gasteiger partial charge >= 0.3 is 0 Å². The zero-order valence-electron chi connectivity index (χ0n) is 17.3. The van der Waals surface area contributed by atoms with Crippen molar-refractivity contribution in [1.82, 2.24) is 14.5 Å². The number of aryl methyl sites for hydroxylation is 2. The summed E-state index contributed by atoms with van der Waals surface area (Å²) in [5.74, 6) is -0.814. The summed E-state index contributed by atoms with van der Waals surface area (Å²) < 4.78 is 1.11. The molecule has 10 heteroatoms. The van der Waals surface area contributed by atoms with E-state index in [-0.39, 0.29) is 35.6 Å². The molecule has 1 N–H and O–H groups in total. The number of non-ortho nitro benzene ring substituents is 1. The Morgan fingerprint density at radius 2 is 1.87 bits per heavy atom. The summed E-state index contributed by atoms with van der Waals surface area (Å²) >= 11 is 0. The molecule has 3 aromatic rings. The summed E-state index contributed by atoms with van der Waals surface area (Å²) in [6.45, 7) is 3.26. The molecule has 0 aliphatic carbocycles. The highest BCUT2D eigenvalue weighted by atomic mass is 16.6. The van der Waals surface area contributed by atoms with E-state index >= 15 is 0 Å². The number of carbonyl (C=O) groups excluding carboxylic acids is 2. The molecule has 31 heavy (non-hydrogen) atoms. The highest BCUT2D eigenvalue weighted by molar-refractivity contribution is 5.95. The van der Waals surface area contributed by atoms with E-state index < -0.39 is 16.4 Å². The lowest BCUT2D eigenvalue weighted by molar-refractivity contribution is -0.384. The fourth-order valence-corrected chi connectivity index (χ4v) is 3.13. The van der Waals surface area contributed by atoms with E-state index in [2.05, 4.69) is 10.3 Å². The maximum atomic E-state index is 12.6. The number of nitro groups is 1. The monoisotopic (exact) mass is 423 g/mol. The number of nitrogens with zero attached hydrogens (tertiary/aromatic N) is 4. The van der Waals surface area contributed by atoms with Gasteiger partial charge in [-0.1, -0.05) is 18.2 Å². The number of hydrogen-bond donors (Lipinski definition) is 1. The maximum Gasteiger partial charge on any atom is 0.271 e. The van der Waals surface area contributed by atoms with Crippen LogP contribution in [0.15, 0.2) is 47.5 Å². The predicted octanol–water partition coefficient (Wildman–Crippen LogP) is 2.02. The first kappa shape index (κ1) is 21.6. The molecule has 0 spiro atoms. The van der Waals surface area contributed by atoms with Crippen LogP contribution in [0.25, 0.3) is 10.9 Å². The second-order valence-corrected chi connectivity index (χ2v) is 7.20. The van der Waals surface area contributed by atoms with Crippen LogP contribution in [0.2, 0.25) is 0 Å². The van der Waals surface area contributed by atoms with Crippen LogP contribution in [0.1, 0.15) is 11.1 Å². The number of nitro benzene ring substituents is 1. The summed E-state index contributed by atoms with van der Waals surface area (Å²) in [4.78, 5) is 53.1. The molecule has 0 aliphatic heterocycles. The lowest BCUT2D eigenvalue weighted by Gasteiger charge is -2.18. The average Bonchev–Trinajstić information content (AvgIpc) is 2.72. The van der Waals surface area contributed by atoms with Gasteiger partial charge in [0.15, 0.2) is 0 Å². The van der Waals surface area contributed by atoms with E-state index in [0.717, 1.165) is 22.0 Å². The van der Waals surface area contributed by atoms with Crippen molar-refractivity contribution in [3.05, 3.63) is 74.3 Å². The predicted molar refractivity (Wildman–Crippen MR) is 115 cm³/mol. The molecule has 0 bridgehead atoms. The number of nitrogens with one attached hydrogen (secondary N) is 1. The smallest absolute Gasteiger partial charge is 0.271 e. The van der Waals surface area contributed by atoms with Crippen LogP contribution in [0, 0.1) is 24.0 Å². The topological polar surface area (TPSA) is 127 Å². The second kappa shape index (κ2) is 8.74. The fourth-order valence-electron chi connectivity index (χ4n) is 3.13. The molecule has 10 nitrogen and oxygen atoms in total. The minimum atomic E-state index is -0.575. The molecule has 2 amide bonds. The number of rotatable bonds is 6. The quantitative estimate of drug-likeness (QED) is 0.477. The fraction of sp³-hybridized carbons (Fsp3) is 0.238. The van der Waals surface area contributed by atoms with E-state index in [1.165, 1.54) is 30.1 Å². The van der Waals surface area contributed by atoms with Crippen LogP contribution in [-0.2, 0) is 16.1 Å². The van der Waals surface area contributed by atoms with E-state index in [9.17, 15) is 24.5 Å². The number of para-hydroxylation sites is 1. The van der Waals surface area contributed by atoms with Crippen LogP contribution >= 0.6 is 0 Å². The van der Waals surface area contributed by atoms with Crippen LogP contribution in [0.5, 0.6) is 0 Å². The van der Waals surface area contributed by atoms with Gasteiger partial charge in [-0.05, 0) is 31.0 Å². The molecule has 160 valence electrons. The van der Waals surface area contributed by atoms with Crippen molar-refractivity contribution in [1.29, 1.82) is 0 Å². The Morgan fingerprint density at radius 3 is 2.52 bits per heavy atom. The summed E-state index contributed by atoms with van der Waals surface area (Å²) in [5, 5.41) is 13.8. The molecular weight excluding hydrogens is 402 g/mol. The third kappa shape index (κ3) is 4.74. The molecule has 1 heterocycles. The Bertz CT molecular complexity index is 1230. The zero-order valence-corrected chi connectivity index (χ0v) is 17.3. The third-order valence-corrected chi connectivity index (χ3v) is 4.88. The number of anilines is 1. The van der Waals surface area contributed by atoms with Gasteiger partial charge in [-0.25, -0.2) is 4.98 Å². The lowest BCUT2D eigenvalue weighted by atomic mass is 10.1. The molecule has 0 saturated carbocycles. The number of hydrogen-bond acceptors (Lipinski definition) is 6. The van der Waals surface area contributed by atoms with Crippen molar-refractivity contribution in [3.63, 3.8) is 0 Å². The van der Waals surface area contributed by atoms with Crippen molar-refractivity contribution >= 4 is 34.1 Å². The Kier molecular flexibility index (Phi) is 6.10. The Balaban J connectivity index is 1.70. The Hall–Kier alpha value is -4.08. The van der Waals surface area contributed by atoms with Gasteiger partial charge in [0.25, 0.3) is 11.2 Å². The second-order valence-electron chi connectivity index (χ2n) is 7.20. The number of aromatic nitrogens is 2. The van der Waals surface area contributed by atoms with Crippen molar-refractivity contribution in [2.75, 3.05) is 18.9 Å². The third-order valence-electron chi connectivity index (χ3n) is 4.88. The lowest BCUT2D eigenvalue weighted by Crippen LogP contribution is -2.38. The largest absolute Gasteiger partial charge is 0.335 e. The maximum absolute atomic E-state index is 12.6. The Morgan fingerprint density at radius 1 is 1.19 bits per heavy atom. The number of benzene rings is 2. The molecule has 0 saturated heterocycles. The highest BCUT2D eigenvalue weighted by Crippen LogP contribution is 2.19. The van der Waals surface area contributed by atoms with Crippen molar-refractivity contribution in [2.45, 2.75) is 20.4 Å². The zero-order chi connectivity index (χ0) is 22.7. The minimum absolute atomic E-state index is 0.163. The first-order valence-corrected chi connectivity index (χ1v) is 9.41. The van der Waals surface area contributed by atoms with Crippen molar-refractivity contribution in [2.24, 2.45) is 0 Å². The number of fused-ring (bicyclic) bond motifs is 1. The van der Waals surface area contributed by atoms with Gasteiger partial charge in [0, 0.05) is 24.9 Å². The normalized spacial score (nSPS) is 10.7. The van der Waals surface area contributed by atoms with Crippen LogP contribution in [0.4, 0.5) is 11.4 Å².